The summed E-state index contributed by atoms with van der Waals surface area (Å²) in [6.07, 6.45) is 1.74. The Balaban J connectivity index is 1.51. The standard InChI is InChI=1S/C25H22FN3O3/c1-31-23-7-6-19(11-24(23)32-21-10-16(13-27)9-20(26)12-21)25(30)29-15-17-8-18-4-2-3-5-22(18)28-14-17/h2-12,14H,13,15,27H2,1H3,(H,29,30). The molecular formula is C25H22FN3O3. The van der Waals surface area contributed by atoms with Crippen LogP contribution < -0.4 is 20.5 Å². The van der Waals surface area contributed by atoms with Crippen molar-refractivity contribution in [1.29, 1.82) is 0 Å². The number of nitrogens with zero attached hydrogens (tertiary/aromatic N) is 1. The Bertz CT molecular complexity index is 1280. The average molecular weight is 431 g/mol. The molecule has 6 nitrogen and oxygen atoms in total. The number of carbonyl (C=O) groups is 1. The van der Waals surface area contributed by atoms with Crippen LogP contribution in [0.15, 0.2) is 72.9 Å². The molecule has 3 aromatic carbocycles. The number of hydrogen-bond acceptors (Lipinski definition) is 5. The van der Waals surface area contributed by atoms with Crippen molar-refractivity contribution in [2.45, 2.75) is 13.1 Å². The van der Waals surface area contributed by atoms with Gasteiger partial charge in [-0.15, -0.1) is 0 Å². The molecule has 0 radical (unpaired) electrons. The van der Waals surface area contributed by atoms with Gasteiger partial charge < -0.3 is 20.5 Å². The molecule has 7 heteroatoms. The number of carbonyl (C=O) groups excluding carboxylic acids is 1. The molecule has 0 spiro atoms. The van der Waals surface area contributed by atoms with Crippen LogP contribution in [-0.4, -0.2) is 18.0 Å². The number of methoxy groups -OCH3 is 1. The second-order valence-corrected chi connectivity index (χ2v) is 7.19. The molecule has 3 N–H and O–H groups in total. The van der Waals surface area contributed by atoms with Crippen LogP contribution in [0.1, 0.15) is 21.5 Å². The molecule has 1 aromatic heterocycles. The number of benzene rings is 3. The topological polar surface area (TPSA) is 86.5 Å². The van der Waals surface area contributed by atoms with Gasteiger partial charge in [0.1, 0.15) is 11.6 Å². The van der Waals surface area contributed by atoms with Crippen molar-refractivity contribution in [3.05, 3.63) is 95.4 Å². The second-order valence-electron chi connectivity index (χ2n) is 7.19. The first kappa shape index (κ1) is 21.3. The molecule has 4 rings (SSSR count). The van der Waals surface area contributed by atoms with Crippen molar-refractivity contribution in [3.63, 3.8) is 0 Å². The van der Waals surface area contributed by atoms with Crippen molar-refractivity contribution in [2.24, 2.45) is 5.73 Å². The van der Waals surface area contributed by atoms with Gasteiger partial charge in [-0.25, -0.2) is 4.39 Å². The highest BCUT2D eigenvalue weighted by molar-refractivity contribution is 5.95. The monoisotopic (exact) mass is 431 g/mol. The van der Waals surface area contributed by atoms with E-state index in [1.165, 1.54) is 19.2 Å². The van der Waals surface area contributed by atoms with E-state index in [2.05, 4.69) is 10.3 Å². The normalized spacial score (nSPS) is 10.7. The molecule has 1 amide bonds. The Kier molecular flexibility index (Phi) is 6.28. The minimum absolute atomic E-state index is 0.178. The summed E-state index contributed by atoms with van der Waals surface area (Å²) in [7, 11) is 1.49. The summed E-state index contributed by atoms with van der Waals surface area (Å²) in [5.74, 6) is 0.232. The number of halogens is 1. The van der Waals surface area contributed by atoms with Crippen LogP contribution >= 0.6 is 0 Å². The number of nitrogens with one attached hydrogen (secondary N) is 1. The van der Waals surface area contributed by atoms with Gasteiger partial charge in [-0.1, -0.05) is 18.2 Å². The number of rotatable bonds is 7. The third-order valence-corrected chi connectivity index (χ3v) is 4.92. The molecule has 0 bridgehead atoms. The van der Waals surface area contributed by atoms with Crippen LogP contribution in [0.25, 0.3) is 10.9 Å². The SMILES string of the molecule is COc1ccc(C(=O)NCc2cnc3ccccc3c2)cc1Oc1cc(F)cc(CN)c1. The maximum absolute atomic E-state index is 13.8. The highest BCUT2D eigenvalue weighted by Gasteiger charge is 2.13. The van der Waals surface area contributed by atoms with E-state index >= 15 is 0 Å². The number of para-hydroxylation sites is 1. The van der Waals surface area contributed by atoms with Gasteiger partial charge >= 0.3 is 0 Å². The van der Waals surface area contributed by atoms with Crippen LogP contribution in [0.2, 0.25) is 0 Å². The lowest BCUT2D eigenvalue weighted by Gasteiger charge is -2.13. The van der Waals surface area contributed by atoms with Crippen LogP contribution in [0, 0.1) is 5.82 Å². The minimum Gasteiger partial charge on any atom is -0.493 e. The molecule has 0 fully saturated rings. The fourth-order valence-electron chi connectivity index (χ4n) is 3.32. The van der Waals surface area contributed by atoms with Gasteiger partial charge in [0.2, 0.25) is 0 Å². The highest BCUT2D eigenvalue weighted by Crippen LogP contribution is 2.33. The van der Waals surface area contributed by atoms with Gasteiger partial charge in [0.25, 0.3) is 5.91 Å². The van der Waals surface area contributed by atoms with Crippen molar-refractivity contribution >= 4 is 16.8 Å². The maximum Gasteiger partial charge on any atom is 0.251 e. The van der Waals surface area contributed by atoms with Crippen LogP contribution in [0.5, 0.6) is 17.2 Å². The first-order valence-corrected chi connectivity index (χ1v) is 10.0. The molecule has 1 heterocycles. The Morgan fingerprint density at radius 2 is 1.88 bits per heavy atom. The van der Waals surface area contributed by atoms with Crippen molar-refractivity contribution < 1.29 is 18.7 Å². The second kappa shape index (κ2) is 9.45. The van der Waals surface area contributed by atoms with E-state index in [4.69, 9.17) is 15.2 Å². The number of amides is 1. The summed E-state index contributed by atoms with van der Waals surface area (Å²) in [6, 6.07) is 18.8. The molecule has 0 saturated heterocycles. The predicted molar refractivity (Wildman–Crippen MR) is 120 cm³/mol. The fourth-order valence-corrected chi connectivity index (χ4v) is 3.32. The van der Waals surface area contributed by atoms with E-state index in [-0.39, 0.29) is 18.2 Å². The Hall–Kier alpha value is -3.97. The molecule has 0 aliphatic carbocycles. The number of fused-ring (bicyclic) bond motifs is 1. The van der Waals surface area contributed by atoms with E-state index in [1.54, 1.807) is 30.5 Å². The molecule has 162 valence electrons. The summed E-state index contributed by atoms with van der Waals surface area (Å²) in [4.78, 5) is 17.1. The van der Waals surface area contributed by atoms with Gasteiger partial charge in [-0.2, -0.15) is 0 Å². The van der Waals surface area contributed by atoms with E-state index in [0.717, 1.165) is 16.5 Å². The van der Waals surface area contributed by atoms with Crippen LogP contribution in [-0.2, 0) is 13.1 Å². The van der Waals surface area contributed by atoms with E-state index in [0.29, 0.717) is 29.2 Å². The highest BCUT2D eigenvalue weighted by atomic mass is 19.1. The number of ether oxygens (including phenoxy) is 2. The van der Waals surface area contributed by atoms with Crippen LogP contribution in [0.3, 0.4) is 0 Å². The quantitative estimate of drug-likeness (QED) is 0.448. The molecule has 0 unspecified atom stereocenters. The van der Waals surface area contributed by atoms with E-state index in [9.17, 15) is 9.18 Å². The maximum atomic E-state index is 13.8. The summed E-state index contributed by atoms with van der Waals surface area (Å²) in [5, 5.41) is 3.89. The smallest absolute Gasteiger partial charge is 0.251 e. The Morgan fingerprint density at radius 1 is 1.03 bits per heavy atom. The van der Waals surface area contributed by atoms with Gasteiger partial charge in [0, 0.05) is 36.3 Å². The summed E-state index contributed by atoms with van der Waals surface area (Å²) < 4.78 is 25.0. The van der Waals surface area contributed by atoms with Crippen LogP contribution in [0.4, 0.5) is 4.39 Å². The van der Waals surface area contributed by atoms with Gasteiger partial charge in [-0.05, 0) is 53.6 Å². The zero-order chi connectivity index (χ0) is 22.5. The van der Waals surface area contributed by atoms with E-state index in [1.807, 2.05) is 30.3 Å². The predicted octanol–water partition coefficient (Wildman–Crippen LogP) is 4.56. The largest absolute Gasteiger partial charge is 0.493 e. The number of pyridine rings is 1. The average Bonchev–Trinajstić information content (AvgIpc) is 2.82. The summed E-state index contributed by atoms with van der Waals surface area (Å²) in [6.45, 7) is 0.500. The summed E-state index contributed by atoms with van der Waals surface area (Å²) in [5.41, 5.74) is 8.37. The number of aromatic nitrogens is 1. The number of hydrogen-bond donors (Lipinski definition) is 2. The first-order chi connectivity index (χ1) is 15.6. The molecule has 0 saturated carbocycles. The van der Waals surface area contributed by atoms with Gasteiger partial charge in [0.15, 0.2) is 11.5 Å². The van der Waals surface area contributed by atoms with Crippen molar-refractivity contribution in [2.75, 3.05) is 7.11 Å². The molecule has 0 aliphatic rings. The molecule has 4 aromatic rings. The zero-order valence-corrected chi connectivity index (χ0v) is 17.5. The Labute approximate surface area is 184 Å². The molecule has 0 aliphatic heterocycles. The minimum atomic E-state index is -0.459. The first-order valence-electron chi connectivity index (χ1n) is 10.0. The third kappa shape index (κ3) is 4.84. The molecular weight excluding hydrogens is 409 g/mol. The lowest BCUT2D eigenvalue weighted by atomic mass is 10.1. The zero-order valence-electron chi connectivity index (χ0n) is 17.5. The summed E-state index contributed by atoms with van der Waals surface area (Å²) >= 11 is 0. The van der Waals surface area contributed by atoms with Gasteiger partial charge in [0.05, 0.1) is 12.6 Å². The Morgan fingerprint density at radius 3 is 2.69 bits per heavy atom. The van der Waals surface area contributed by atoms with E-state index < -0.39 is 5.82 Å². The fraction of sp³-hybridized carbons (Fsp3) is 0.120. The lowest BCUT2D eigenvalue weighted by molar-refractivity contribution is 0.0950. The number of nitrogens with two attached hydrogens (primary N) is 1. The van der Waals surface area contributed by atoms with Crippen molar-refractivity contribution in [3.8, 4) is 17.2 Å². The molecule has 0 atom stereocenters. The van der Waals surface area contributed by atoms with Gasteiger partial charge in [-0.3, -0.25) is 9.78 Å². The molecule has 32 heavy (non-hydrogen) atoms. The lowest BCUT2D eigenvalue weighted by Crippen LogP contribution is -2.22. The van der Waals surface area contributed by atoms with Crippen molar-refractivity contribution in [1.82, 2.24) is 10.3 Å². The third-order valence-electron chi connectivity index (χ3n) is 4.92.